The first-order chi connectivity index (χ1) is 7.67. The maximum absolute atomic E-state index is 11.3. The summed E-state index contributed by atoms with van der Waals surface area (Å²) in [5.41, 5.74) is 0.706. The highest BCUT2D eigenvalue weighted by Crippen LogP contribution is 2.18. The van der Waals surface area contributed by atoms with Crippen molar-refractivity contribution >= 4 is 29.1 Å². The molecule has 7 heteroatoms. The van der Waals surface area contributed by atoms with Crippen molar-refractivity contribution in [1.29, 1.82) is 0 Å². The van der Waals surface area contributed by atoms with Crippen molar-refractivity contribution in [3.8, 4) is 0 Å². The molecule has 0 N–H and O–H groups in total. The van der Waals surface area contributed by atoms with Crippen LogP contribution in [-0.2, 0) is 16.1 Å². The maximum atomic E-state index is 11.3. The second kappa shape index (κ2) is 6.78. The Morgan fingerprint density at radius 1 is 1.56 bits per heavy atom. The molecule has 0 aliphatic rings. The summed E-state index contributed by atoms with van der Waals surface area (Å²) in [7, 11) is 0. The molecule has 0 amide bonds. The fourth-order valence-corrected chi connectivity index (χ4v) is 1.78. The van der Waals surface area contributed by atoms with E-state index in [4.69, 9.17) is 16.3 Å². The lowest BCUT2D eigenvalue weighted by Gasteiger charge is -2.17. The molecule has 0 saturated carbocycles. The Kier molecular flexibility index (Phi) is 5.65. The van der Waals surface area contributed by atoms with Crippen molar-refractivity contribution in [2.75, 3.05) is 19.7 Å². The second-order valence-electron chi connectivity index (χ2n) is 3.10. The summed E-state index contributed by atoms with van der Waals surface area (Å²) >= 11 is 7.04. The summed E-state index contributed by atoms with van der Waals surface area (Å²) in [6.07, 6.45) is 0. The molecule has 0 aromatic carbocycles. The van der Waals surface area contributed by atoms with Gasteiger partial charge in [-0.2, -0.15) is 0 Å². The molecule has 16 heavy (non-hydrogen) atoms. The Hall–Kier alpha value is -0.720. The van der Waals surface area contributed by atoms with Crippen molar-refractivity contribution in [2.45, 2.75) is 20.4 Å². The van der Waals surface area contributed by atoms with Gasteiger partial charge in [0.2, 0.25) is 0 Å². The van der Waals surface area contributed by atoms with Gasteiger partial charge in [-0.15, -0.1) is 5.10 Å². The van der Waals surface area contributed by atoms with Gasteiger partial charge in [0.05, 0.1) is 13.2 Å². The van der Waals surface area contributed by atoms with E-state index in [0.29, 0.717) is 23.2 Å². The molecule has 0 saturated heterocycles. The lowest BCUT2D eigenvalue weighted by molar-refractivity contribution is -0.144. The van der Waals surface area contributed by atoms with Crippen LogP contribution in [-0.4, -0.2) is 40.2 Å². The Morgan fingerprint density at radius 3 is 2.81 bits per heavy atom. The number of carbonyl (C=O) groups excluding carboxylic acids is 1. The van der Waals surface area contributed by atoms with Gasteiger partial charge < -0.3 is 4.74 Å². The maximum Gasteiger partial charge on any atom is 0.320 e. The summed E-state index contributed by atoms with van der Waals surface area (Å²) in [5.74, 6) is -0.233. The third kappa shape index (κ3) is 4.03. The number of esters is 1. The summed E-state index contributed by atoms with van der Waals surface area (Å²) in [6.45, 7) is 5.65. The quantitative estimate of drug-likeness (QED) is 0.730. The molecule has 1 heterocycles. The van der Waals surface area contributed by atoms with Crippen LogP contribution in [0.5, 0.6) is 0 Å². The van der Waals surface area contributed by atoms with Crippen LogP contribution in [0.25, 0.3) is 0 Å². The summed E-state index contributed by atoms with van der Waals surface area (Å²) in [6, 6.07) is 0. The first kappa shape index (κ1) is 13.3. The van der Waals surface area contributed by atoms with E-state index in [0.717, 1.165) is 18.1 Å². The smallest absolute Gasteiger partial charge is 0.320 e. The summed E-state index contributed by atoms with van der Waals surface area (Å²) in [4.78, 5) is 13.2. The normalized spacial score (nSPS) is 10.8. The van der Waals surface area contributed by atoms with Gasteiger partial charge in [-0.3, -0.25) is 9.69 Å². The van der Waals surface area contributed by atoms with Gasteiger partial charge in [-0.25, -0.2) is 0 Å². The van der Waals surface area contributed by atoms with Crippen LogP contribution < -0.4 is 0 Å². The van der Waals surface area contributed by atoms with E-state index in [2.05, 4.69) is 9.59 Å². The Morgan fingerprint density at radius 2 is 2.31 bits per heavy atom. The highest BCUT2D eigenvalue weighted by molar-refractivity contribution is 7.10. The van der Waals surface area contributed by atoms with E-state index >= 15 is 0 Å². The third-order valence-electron chi connectivity index (χ3n) is 1.99. The number of nitrogens with zero attached hydrogens (tertiary/aromatic N) is 3. The minimum atomic E-state index is -0.233. The molecule has 0 fully saturated rings. The largest absolute Gasteiger partial charge is 0.465 e. The van der Waals surface area contributed by atoms with Crippen molar-refractivity contribution in [3.05, 3.63) is 10.0 Å². The molecule has 90 valence electrons. The predicted molar refractivity (Wildman–Crippen MR) is 62.5 cm³/mol. The van der Waals surface area contributed by atoms with Gasteiger partial charge in [0.25, 0.3) is 0 Å². The average Bonchev–Trinajstić information content (AvgIpc) is 2.64. The van der Waals surface area contributed by atoms with Gasteiger partial charge in [0.1, 0.15) is 10.0 Å². The lowest BCUT2D eigenvalue weighted by Crippen LogP contribution is -2.30. The first-order valence-corrected chi connectivity index (χ1v) is 6.17. The molecular formula is C9H14ClN3O2S. The number of ether oxygens (including phenoxy) is 1. The van der Waals surface area contributed by atoms with Gasteiger partial charge in [-0.05, 0) is 13.5 Å². The molecule has 5 nitrogen and oxygen atoms in total. The van der Waals surface area contributed by atoms with Crippen LogP contribution in [0.3, 0.4) is 0 Å². The Bertz CT molecular complexity index is 345. The summed E-state index contributed by atoms with van der Waals surface area (Å²) in [5, 5.41) is 3.90. The Balaban J connectivity index is 2.49. The lowest BCUT2D eigenvalue weighted by atomic mass is 10.4. The molecular weight excluding hydrogens is 250 g/mol. The van der Waals surface area contributed by atoms with Crippen LogP contribution in [0.4, 0.5) is 0 Å². The van der Waals surface area contributed by atoms with Gasteiger partial charge in [0, 0.05) is 18.1 Å². The van der Waals surface area contributed by atoms with E-state index in [1.807, 2.05) is 11.8 Å². The standard InChI is InChI=1S/C9H14ClN3O2S/c1-3-13(6-8(14)15-4-2)5-7-9(10)16-12-11-7/h3-6H2,1-2H3. The molecule has 0 atom stereocenters. The zero-order valence-electron chi connectivity index (χ0n) is 9.27. The van der Waals surface area contributed by atoms with Crippen molar-refractivity contribution in [2.24, 2.45) is 0 Å². The van der Waals surface area contributed by atoms with Crippen molar-refractivity contribution < 1.29 is 9.53 Å². The van der Waals surface area contributed by atoms with Crippen LogP contribution in [0, 0.1) is 0 Å². The van der Waals surface area contributed by atoms with Crippen molar-refractivity contribution in [1.82, 2.24) is 14.5 Å². The van der Waals surface area contributed by atoms with Crippen LogP contribution >= 0.6 is 23.1 Å². The number of aromatic nitrogens is 2. The topological polar surface area (TPSA) is 55.3 Å². The van der Waals surface area contributed by atoms with E-state index in [-0.39, 0.29) is 12.5 Å². The van der Waals surface area contributed by atoms with E-state index < -0.39 is 0 Å². The van der Waals surface area contributed by atoms with Crippen molar-refractivity contribution in [3.63, 3.8) is 0 Å². The van der Waals surface area contributed by atoms with Crippen LogP contribution in [0.15, 0.2) is 0 Å². The molecule has 0 bridgehead atoms. The SMILES string of the molecule is CCOC(=O)CN(CC)Cc1nnsc1Cl. The van der Waals surface area contributed by atoms with Gasteiger partial charge in [0.15, 0.2) is 0 Å². The minimum absolute atomic E-state index is 0.233. The van der Waals surface area contributed by atoms with E-state index in [1.165, 1.54) is 0 Å². The minimum Gasteiger partial charge on any atom is -0.465 e. The fraction of sp³-hybridized carbons (Fsp3) is 0.667. The number of likely N-dealkylation sites (N-methyl/N-ethyl adjacent to an activating group) is 1. The third-order valence-corrected chi connectivity index (χ3v) is 2.97. The molecule has 0 spiro atoms. The van der Waals surface area contributed by atoms with Crippen LogP contribution in [0.1, 0.15) is 19.5 Å². The summed E-state index contributed by atoms with van der Waals surface area (Å²) < 4.78 is 9.19. The highest BCUT2D eigenvalue weighted by atomic mass is 35.5. The molecule has 1 rings (SSSR count). The van der Waals surface area contributed by atoms with E-state index in [1.54, 1.807) is 6.92 Å². The molecule has 0 aliphatic heterocycles. The monoisotopic (exact) mass is 263 g/mol. The highest BCUT2D eigenvalue weighted by Gasteiger charge is 2.14. The number of hydrogen-bond donors (Lipinski definition) is 0. The second-order valence-corrected chi connectivity index (χ2v) is 4.46. The fourth-order valence-electron chi connectivity index (χ4n) is 1.17. The predicted octanol–water partition coefficient (Wildman–Crippen LogP) is 1.58. The number of halogens is 1. The van der Waals surface area contributed by atoms with Gasteiger partial charge in [-0.1, -0.05) is 23.0 Å². The Labute approximate surface area is 104 Å². The molecule has 0 aliphatic carbocycles. The zero-order valence-corrected chi connectivity index (χ0v) is 10.8. The molecule has 0 radical (unpaired) electrons. The number of carbonyl (C=O) groups is 1. The average molecular weight is 264 g/mol. The molecule has 1 aromatic heterocycles. The first-order valence-electron chi connectivity index (χ1n) is 5.02. The number of hydrogen-bond acceptors (Lipinski definition) is 6. The zero-order chi connectivity index (χ0) is 12.0. The number of rotatable bonds is 6. The molecule has 1 aromatic rings. The molecule has 0 unspecified atom stereocenters. The van der Waals surface area contributed by atoms with E-state index in [9.17, 15) is 4.79 Å². The van der Waals surface area contributed by atoms with Crippen LogP contribution in [0.2, 0.25) is 4.34 Å². The van der Waals surface area contributed by atoms with Gasteiger partial charge >= 0.3 is 5.97 Å².